The lowest BCUT2D eigenvalue weighted by Crippen LogP contribution is -2.30. The Bertz CT molecular complexity index is 993. The van der Waals surface area contributed by atoms with Crippen LogP contribution in [-0.2, 0) is 16.0 Å². The zero-order chi connectivity index (χ0) is 22.5. The topological polar surface area (TPSA) is 76.1 Å². The van der Waals surface area contributed by atoms with Crippen LogP contribution in [0.25, 0.3) is 5.76 Å². The lowest BCUT2D eigenvalue weighted by molar-refractivity contribution is -0.139. The summed E-state index contributed by atoms with van der Waals surface area (Å²) in [6.45, 7) is 4.55. The average molecular weight is 424 g/mol. The van der Waals surface area contributed by atoms with Gasteiger partial charge in [-0.25, -0.2) is 0 Å². The molecule has 2 aromatic carbocycles. The normalized spacial score (nSPS) is 17.8. The molecule has 3 rings (SSSR count). The number of hydrogen-bond acceptors (Lipinski definition) is 5. The van der Waals surface area contributed by atoms with E-state index in [-0.39, 0.29) is 11.3 Å². The van der Waals surface area contributed by atoms with Gasteiger partial charge in [-0.1, -0.05) is 44.5 Å². The van der Waals surface area contributed by atoms with Gasteiger partial charge < -0.3 is 19.5 Å². The molecule has 6 nitrogen and oxygen atoms in total. The van der Waals surface area contributed by atoms with Crippen molar-refractivity contribution in [2.24, 2.45) is 0 Å². The molecule has 1 amide bonds. The van der Waals surface area contributed by atoms with Gasteiger partial charge in [0, 0.05) is 12.1 Å². The Morgan fingerprint density at radius 2 is 1.68 bits per heavy atom. The monoisotopic (exact) mass is 423 g/mol. The molecule has 1 saturated heterocycles. The third-order valence-electron chi connectivity index (χ3n) is 5.65. The number of hydrogen-bond donors (Lipinski definition) is 1. The van der Waals surface area contributed by atoms with Crippen molar-refractivity contribution in [3.63, 3.8) is 0 Å². The van der Waals surface area contributed by atoms with Crippen LogP contribution in [0.3, 0.4) is 0 Å². The van der Waals surface area contributed by atoms with E-state index in [0.717, 1.165) is 30.4 Å². The first-order chi connectivity index (χ1) is 15.0. The van der Waals surface area contributed by atoms with E-state index in [4.69, 9.17) is 9.47 Å². The molecule has 0 spiro atoms. The third kappa shape index (κ3) is 4.29. The number of nitrogens with zero attached hydrogens (tertiary/aromatic N) is 1. The highest BCUT2D eigenvalue weighted by Crippen LogP contribution is 2.40. The van der Waals surface area contributed by atoms with Crippen LogP contribution in [0, 0.1) is 0 Å². The van der Waals surface area contributed by atoms with Gasteiger partial charge in [0.25, 0.3) is 11.7 Å². The summed E-state index contributed by atoms with van der Waals surface area (Å²) in [4.78, 5) is 27.5. The summed E-state index contributed by atoms with van der Waals surface area (Å²) < 4.78 is 10.6. The molecule has 1 unspecified atom stereocenters. The number of methoxy groups -OCH3 is 2. The van der Waals surface area contributed by atoms with Crippen molar-refractivity contribution in [3.05, 3.63) is 64.7 Å². The lowest BCUT2D eigenvalue weighted by Gasteiger charge is -2.25. The number of aryl methyl sites for hydroxylation is 1. The molecule has 0 aliphatic carbocycles. The first kappa shape index (κ1) is 22.4. The molecule has 164 valence electrons. The zero-order valence-corrected chi connectivity index (χ0v) is 18.5. The number of rotatable bonds is 8. The maximum atomic E-state index is 13.0. The van der Waals surface area contributed by atoms with Crippen molar-refractivity contribution in [2.45, 2.75) is 39.2 Å². The number of ketones is 1. The minimum atomic E-state index is -0.673. The van der Waals surface area contributed by atoms with E-state index in [1.165, 1.54) is 14.2 Å². The van der Waals surface area contributed by atoms with E-state index in [9.17, 15) is 14.7 Å². The molecule has 0 aromatic heterocycles. The van der Waals surface area contributed by atoms with Gasteiger partial charge in [0.15, 0.2) is 11.5 Å². The fourth-order valence-corrected chi connectivity index (χ4v) is 3.86. The number of aliphatic hydroxyl groups excluding tert-OH is 1. The molecule has 1 aliphatic rings. The number of aliphatic hydroxyl groups is 1. The fraction of sp³-hybridized carbons (Fsp3) is 0.360. The first-order valence-corrected chi connectivity index (χ1v) is 10.6. The van der Waals surface area contributed by atoms with E-state index in [2.05, 4.69) is 6.92 Å². The second-order valence-electron chi connectivity index (χ2n) is 7.51. The Morgan fingerprint density at radius 1 is 1.00 bits per heavy atom. The summed E-state index contributed by atoms with van der Waals surface area (Å²) in [5, 5.41) is 11.2. The Labute approximate surface area is 183 Å². The SMILES string of the molecule is CCCCN1C(=O)C(=O)/C(=C(\O)c2ccc(OC)c(OC)c2)C1c1ccc(CC)cc1. The largest absolute Gasteiger partial charge is 0.507 e. The maximum absolute atomic E-state index is 13.0. The van der Waals surface area contributed by atoms with Gasteiger partial charge in [-0.15, -0.1) is 0 Å². The number of ether oxygens (including phenoxy) is 2. The Balaban J connectivity index is 2.15. The van der Waals surface area contributed by atoms with Crippen LogP contribution in [0.1, 0.15) is 49.4 Å². The van der Waals surface area contributed by atoms with Gasteiger partial charge in [-0.05, 0) is 42.2 Å². The van der Waals surface area contributed by atoms with Crippen molar-refractivity contribution >= 4 is 17.4 Å². The van der Waals surface area contributed by atoms with Crippen LogP contribution in [0.15, 0.2) is 48.0 Å². The number of likely N-dealkylation sites (tertiary alicyclic amines) is 1. The van der Waals surface area contributed by atoms with E-state index in [0.29, 0.717) is 23.6 Å². The van der Waals surface area contributed by atoms with Crippen molar-refractivity contribution in [2.75, 3.05) is 20.8 Å². The number of unbranched alkanes of at least 4 members (excludes halogenated alkanes) is 1. The second-order valence-corrected chi connectivity index (χ2v) is 7.51. The minimum absolute atomic E-state index is 0.0950. The van der Waals surface area contributed by atoms with Crippen LogP contribution in [0.4, 0.5) is 0 Å². The summed E-state index contributed by atoms with van der Waals surface area (Å²) in [5.41, 5.74) is 2.45. The molecule has 2 aromatic rings. The highest BCUT2D eigenvalue weighted by Gasteiger charge is 2.45. The number of benzene rings is 2. The maximum Gasteiger partial charge on any atom is 0.295 e. The van der Waals surface area contributed by atoms with Crippen molar-refractivity contribution in [1.82, 2.24) is 4.90 Å². The number of amides is 1. The van der Waals surface area contributed by atoms with Crippen molar-refractivity contribution < 1.29 is 24.2 Å². The molecule has 1 heterocycles. The Hall–Kier alpha value is -3.28. The molecule has 0 bridgehead atoms. The standard InChI is InChI=1S/C25H29NO5/c1-5-7-14-26-22(17-10-8-16(6-2)9-11-17)21(24(28)25(26)29)23(27)18-12-13-19(30-3)20(15-18)31-4/h8-13,15,22,27H,5-7,14H2,1-4H3/b23-21-. The summed E-state index contributed by atoms with van der Waals surface area (Å²) in [6.07, 6.45) is 2.55. The highest BCUT2D eigenvalue weighted by molar-refractivity contribution is 6.46. The Kier molecular flexibility index (Phi) is 7.00. The quantitative estimate of drug-likeness (QED) is 0.385. The Morgan fingerprint density at radius 3 is 2.26 bits per heavy atom. The van der Waals surface area contributed by atoms with Gasteiger partial charge in [0.2, 0.25) is 0 Å². The molecule has 1 N–H and O–H groups in total. The smallest absolute Gasteiger partial charge is 0.295 e. The van der Waals surface area contributed by atoms with Crippen LogP contribution in [0.2, 0.25) is 0 Å². The van der Waals surface area contributed by atoms with Crippen molar-refractivity contribution in [1.29, 1.82) is 0 Å². The molecular formula is C25H29NO5. The van der Waals surface area contributed by atoms with Gasteiger partial charge in [0.1, 0.15) is 5.76 Å². The van der Waals surface area contributed by atoms with Gasteiger partial charge in [0.05, 0.1) is 25.8 Å². The molecule has 1 atom stereocenters. The van der Waals surface area contributed by atoms with Crippen LogP contribution in [-0.4, -0.2) is 42.5 Å². The predicted molar refractivity (Wildman–Crippen MR) is 119 cm³/mol. The molecular weight excluding hydrogens is 394 g/mol. The van der Waals surface area contributed by atoms with E-state index in [1.807, 2.05) is 31.2 Å². The molecule has 0 saturated carbocycles. The van der Waals surface area contributed by atoms with E-state index < -0.39 is 17.7 Å². The minimum Gasteiger partial charge on any atom is -0.507 e. The van der Waals surface area contributed by atoms with Gasteiger partial charge in [-0.3, -0.25) is 9.59 Å². The molecule has 1 aliphatic heterocycles. The van der Waals surface area contributed by atoms with E-state index >= 15 is 0 Å². The van der Waals surface area contributed by atoms with Crippen LogP contribution >= 0.6 is 0 Å². The summed E-state index contributed by atoms with van der Waals surface area (Å²) >= 11 is 0. The van der Waals surface area contributed by atoms with Crippen molar-refractivity contribution in [3.8, 4) is 11.5 Å². The molecule has 1 fully saturated rings. The summed E-state index contributed by atoms with van der Waals surface area (Å²) in [7, 11) is 3.03. The van der Waals surface area contributed by atoms with E-state index in [1.54, 1.807) is 23.1 Å². The fourth-order valence-electron chi connectivity index (χ4n) is 3.86. The number of carbonyl (C=O) groups is 2. The number of Topliss-reactive ketones (excluding diaryl/α,β-unsaturated/α-hetero) is 1. The average Bonchev–Trinajstić information content (AvgIpc) is 3.06. The van der Waals surface area contributed by atoms with Crippen LogP contribution < -0.4 is 9.47 Å². The zero-order valence-electron chi connectivity index (χ0n) is 18.5. The highest BCUT2D eigenvalue weighted by atomic mass is 16.5. The number of carbonyl (C=O) groups excluding carboxylic acids is 2. The summed E-state index contributed by atoms with van der Waals surface area (Å²) in [6, 6.07) is 12.1. The molecule has 6 heteroatoms. The lowest BCUT2D eigenvalue weighted by atomic mass is 9.94. The van der Waals surface area contributed by atoms with Gasteiger partial charge in [-0.2, -0.15) is 0 Å². The first-order valence-electron chi connectivity index (χ1n) is 10.6. The van der Waals surface area contributed by atoms with Gasteiger partial charge >= 0.3 is 0 Å². The third-order valence-corrected chi connectivity index (χ3v) is 5.65. The second kappa shape index (κ2) is 9.69. The summed E-state index contributed by atoms with van der Waals surface area (Å²) in [5.74, 6) is -0.541. The van der Waals surface area contributed by atoms with Crippen LogP contribution in [0.5, 0.6) is 11.5 Å². The predicted octanol–water partition coefficient (Wildman–Crippen LogP) is 4.49. The molecule has 31 heavy (non-hydrogen) atoms. The molecule has 0 radical (unpaired) electrons.